The molecule has 0 bridgehead atoms. The highest BCUT2D eigenvalue weighted by molar-refractivity contribution is 5.61. The van der Waals surface area contributed by atoms with Gasteiger partial charge in [-0.05, 0) is 13.3 Å². The topological polar surface area (TPSA) is 100.0 Å². The Morgan fingerprint density at radius 1 is 1.39 bits per heavy atom. The third kappa shape index (κ3) is 2.04. The molecular weight excluding hydrogens is 234 g/mol. The number of methoxy groups -OCH3 is 1. The minimum atomic E-state index is -0.585. The maximum atomic E-state index is 5.70. The fraction of sp³-hybridized carbons (Fsp3) is 0.455. The van der Waals surface area contributed by atoms with Gasteiger partial charge in [-0.15, -0.1) is 0 Å². The van der Waals surface area contributed by atoms with E-state index in [0.29, 0.717) is 11.5 Å². The Labute approximate surface area is 104 Å². The average molecular weight is 249 g/mol. The fourth-order valence-electron chi connectivity index (χ4n) is 1.44. The lowest BCUT2D eigenvalue weighted by Gasteiger charge is -2.21. The maximum Gasteiger partial charge on any atom is 0.280 e. The number of nitrogen functional groups attached to an aromatic ring is 1. The second-order valence-electron chi connectivity index (χ2n) is 4.00. The predicted octanol–water partition coefficient (Wildman–Crippen LogP) is 1.38. The van der Waals surface area contributed by atoms with Gasteiger partial charge in [0, 0.05) is 19.5 Å². The summed E-state index contributed by atoms with van der Waals surface area (Å²) in [5.74, 6) is 0.961. The summed E-state index contributed by atoms with van der Waals surface area (Å²) in [6.45, 7) is 3.87. The molecule has 2 N–H and O–H groups in total. The van der Waals surface area contributed by atoms with Gasteiger partial charge < -0.3 is 15.0 Å². The van der Waals surface area contributed by atoms with Gasteiger partial charge in [0.15, 0.2) is 11.5 Å². The number of hydrogen-bond acceptors (Lipinski definition) is 7. The Kier molecular flexibility index (Phi) is 3.24. The first-order valence-corrected chi connectivity index (χ1v) is 5.57. The van der Waals surface area contributed by atoms with Crippen molar-refractivity contribution in [3.05, 3.63) is 18.2 Å². The second-order valence-corrected chi connectivity index (χ2v) is 4.00. The molecule has 0 fully saturated rings. The normalized spacial score (nSPS) is 14.4. The molecule has 7 heteroatoms. The Morgan fingerprint density at radius 2 is 2.11 bits per heavy atom. The van der Waals surface area contributed by atoms with E-state index in [-0.39, 0.29) is 11.7 Å². The molecule has 0 aliphatic rings. The van der Waals surface area contributed by atoms with Crippen LogP contribution in [0.1, 0.15) is 26.1 Å². The van der Waals surface area contributed by atoms with Crippen LogP contribution >= 0.6 is 0 Å². The first-order chi connectivity index (χ1) is 8.60. The van der Waals surface area contributed by atoms with Gasteiger partial charge in [-0.25, -0.2) is 9.97 Å². The zero-order chi connectivity index (χ0) is 13.2. The molecule has 0 aliphatic carbocycles. The molecule has 0 saturated carbocycles. The quantitative estimate of drug-likeness (QED) is 0.873. The van der Waals surface area contributed by atoms with Crippen molar-refractivity contribution >= 4 is 5.82 Å². The van der Waals surface area contributed by atoms with Crippen molar-refractivity contribution < 1.29 is 9.26 Å². The third-order valence-electron chi connectivity index (χ3n) is 2.95. The summed E-state index contributed by atoms with van der Waals surface area (Å²) in [5.41, 5.74) is 5.50. The van der Waals surface area contributed by atoms with Gasteiger partial charge in [0.25, 0.3) is 5.89 Å². The van der Waals surface area contributed by atoms with Crippen molar-refractivity contribution in [1.29, 1.82) is 0 Å². The second kappa shape index (κ2) is 4.69. The van der Waals surface area contributed by atoms with Gasteiger partial charge in [0.1, 0.15) is 5.60 Å². The number of nitrogens with two attached hydrogens (primary N) is 1. The minimum absolute atomic E-state index is 0.243. The Bertz CT molecular complexity index is 536. The molecule has 96 valence electrons. The van der Waals surface area contributed by atoms with E-state index < -0.39 is 5.60 Å². The van der Waals surface area contributed by atoms with Gasteiger partial charge >= 0.3 is 0 Å². The van der Waals surface area contributed by atoms with E-state index in [9.17, 15) is 0 Å². The first kappa shape index (κ1) is 12.4. The highest BCUT2D eigenvalue weighted by Gasteiger charge is 2.30. The molecule has 1 unspecified atom stereocenters. The molecule has 0 saturated heterocycles. The Balaban J connectivity index is 2.40. The summed E-state index contributed by atoms with van der Waals surface area (Å²) in [7, 11) is 1.61. The van der Waals surface area contributed by atoms with Gasteiger partial charge in [0.05, 0.1) is 0 Å². The van der Waals surface area contributed by atoms with Gasteiger partial charge in [-0.3, -0.25) is 0 Å². The summed E-state index contributed by atoms with van der Waals surface area (Å²) >= 11 is 0. The maximum absolute atomic E-state index is 5.70. The Hall–Kier alpha value is -2.02. The van der Waals surface area contributed by atoms with E-state index in [2.05, 4.69) is 20.1 Å². The van der Waals surface area contributed by atoms with Crippen molar-refractivity contribution in [2.24, 2.45) is 0 Å². The first-order valence-electron chi connectivity index (χ1n) is 5.57. The third-order valence-corrected chi connectivity index (χ3v) is 2.95. The van der Waals surface area contributed by atoms with Crippen molar-refractivity contribution in [3.63, 3.8) is 0 Å². The van der Waals surface area contributed by atoms with Gasteiger partial charge in [0.2, 0.25) is 5.82 Å². The number of aromatic nitrogens is 4. The van der Waals surface area contributed by atoms with Crippen molar-refractivity contribution in [2.75, 3.05) is 12.8 Å². The van der Waals surface area contributed by atoms with E-state index in [1.165, 1.54) is 12.4 Å². The largest absolute Gasteiger partial charge is 0.382 e. The highest BCUT2D eigenvalue weighted by Crippen LogP contribution is 2.28. The van der Waals surface area contributed by atoms with Crippen molar-refractivity contribution in [2.45, 2.75) is 25.9 Å². The molecule has 1 atom stereocenters. The smallest absolute Gasteiger partial charge is 0.280 e. The molecule has 2 aromatic rings. The molecule has 0 aliphatic heterocycles. The molecule has 2 heterocycles. The summed E-state index contributed by atoms with van der Waals surface area (Å²) in [5, 5.41) is 3.91. The molecule has 7 nitrogen and oxygen atoms in total. The SMILES string of the molecule is CCC(C)(OC)c1noc(-c2nccnc2N)n1. The van der Waals surface area contributed by atoms with Crippen LogP contribution < -0.4 is 5.73 Å². The number of anilines is 1. The molecule has 0 radical (unpaired) electrons. The fourth-order valence-corrected chi connectivity index (χ4v) is 1.44. The van der Waals surface area contributed by atoms with E-state index >= 15 is 0 Å². The summed E-state index contributed by atoms with van der Waals surface area (Å²) in [4.78, 5) is 12.3. The van der Waals surface area contributed by atoms with Crippen LogP contribution in [0.25, 0.3) is 11.6 Å². The lowest BCUT2D eigenvalue weighted by atomic mass is 10.0. The van der Waals surface area contributed by atoms with Crippen LogP contribution in [-0.4, -0.2) is 27.2 Å². The molecule has 0 aromatic carbocycles. The zero-order valence-corrected chi connectivity index (χ0v) is 10.5. The van der Waals surface area contributed by atoms with E-state index in [1.54, 1.807) is 7.11 Å². The van der Waals surface area contributed by atoms with Crippen LogP contribution in [0, 0.1) is 0 Å². The predicted molar refractivity (Wildman–Crippen MR) is 64.4 cm³/mol. The van der Waals surface area contributed by atoms with Gasteiger partial charge in [-0.1, -0.05) is 12.1 Å². The average Bonchev–Trinajstić information content (AvgIpc) is 2.88. The number of ether oxygens (including phenoxy) is 1. The monoisotopic (exact) mass is 249 g/mol. The summed E-state index contributed by atoms with van der Waals surface area (Å²) in [6.07, 6.45) is 3.74. The summed E-state index contributed by atoms with van der Waals surface area (Å²) in [6, 6.07) is 0. The van der Waals surface area contributed by atoms with E-state index in [4.69, 9.17) is 15.0 Å². The highest BCUT2D eigenvalue weighted by atomic mass is 16.5. The standard InChI is InChI=1S/C11H15N5O2/c1-4-11(2,17-3)10-15-9(18-16-10)7-8(12)14-6-5-13-7/h5-6H,4H2,1-3H3,(H2,12,14). The van der Waals surface area contributed by atoms with Crippen LogP contribution in [0.2, 0.25) is 0 Å². The van der Waals surface area contributed by atoms with Crippen LogP contribution in [0.3, 0.4) is 0 Å². The van der Waals surface area contributed by atoms with Crippen LogP contribution in [0.4, 0.5) is 5.82 Å². The van der Waals surface area contributed by atoms with Crippen LogP contribution in [0.5, 0.6) is 0 Å². The van der Waals surface area contributed by atoms with Crippen molar-refractivity contribution in [3.8, 4) is 11.6 Å². The molecular formula is C11H15N5O2. The number of hydrogen-bond donors (Lipinski definition) is 1. The van der Waals surface area contributed by atoms with Crippen LogP contribution in [0.15, 0.2) is 16.9 Å². The summed E-state index contributed by atoms with van der Waals surface area (Å²) < 4.78 is 10.6. The van der Waals surface area contributed by atoms with Crippen molar-refractivity contribution in [1.82, 2.24) is 20.1 Å². The molecule has 2 rings (SSSR count). The lowest BCUT2D eigenvalue weighted by molar-refractivity contribution is -0.0106. The van der Waals surface area contributed by atoms with E-state index in [0.717, 1.165) is 6.42 Å². The number of rotatable bonds is 4. The lowest BCUT2D eigenvalue weighted by Crippen LogP contribution is -2.24. The van der Waals surface area contributed by atoms with E-state index in [1.807, 2.05) is 13.8 Å². The zero-order valence-electron chi connectivity index (χ0n) is 10.5. The molecule has 18 heavy (non-hydrogen) atoms. The number of nitrogens with zero attached hydrogens (tertiary/aromatic N) is 4. The molecule has 0 amide bonds. The Morgan fingerprint density at radius 3 is 2.72 bits per heavy atom. The molecule has 2 aromatic heterocycles. The van der Waals surface area contributed by atoms with Gasteiger partial charge in [-0.2, -0.15) is 4.98 Å². The van der Waals surface area contributed by atoms with Crippen LogP contribution in [-0.2, 0) is 10.3 Å². The minimum Gasteiger partial charge on any atom is -0.382 e. The molecule has 0 spiro atoms.